The van der Waals surface area contributed by atoms with Crippen LogP contribution in [0, 0.1) is 25.2 Å². The molecule has 0 bridgehead atoms. The van der Waals surface area contributed by atoms with Crippen LogP contribution in [0.2, 0.25) is 0 Å². The molecule has 0 atom stereocenters. The van der Waals surface area contributed by atoms with Gasteiger partial charge in [0.1, 0.15) is 0 Å². The zero-order chi connectivity index (χ0) is 11.5. The minimum Gasteiger partial charge on any atom is -0.216 e. The van der Waals surface area contributed by atoms with Gasteiger partial charge in [0.15, 0.2) is 0 Å². The third-order valence-electron chi connectivity index (χ3n) is 2.04. The highest BCUT2D eigenvalue weighted by Gasteiger charge is 2.07. The smallest absolute Gasteiger partial charge is 0.216 e. The first-order valence-electron chi connectivity index (χ1n) is 4.91. The Balaban J connectivity index is 2.30. The molecule has 16 heavy (non-hydrogen) atoms. The number of nitrogens with zero attached hydrogens (tertiary/aromatic N) is 5. The number of hydrogen-bond donors (Lipinski definition) is 0. The molecule has 2 aromatic heterocycles. The van der Waals surface area contributed by atoms with E-state index < -0.39 is 0 Å². The van der Waals surface area contributed by atoms with Gasteiger partial charge in [-0.2, -0.15) is 10.2 Å². The summed E-state index contributed by atoms with van der Waals surface area (Å²) in [5.74, 6) is 1.34. The van der Waals surface area contributed by atoms with Crippen molar-refractivity contribution in [1.82, 2.24) is 19.6 Å². The summed E-state index contributed by atoms with van der Waals surface area (Å²) in [4.78, 5) is 8.60. The van der Waals surface area contributed by atoms with Crippen molar-refractivity contribution >= 4 is 17.5 Å². The first kappa shape index (κ1) is 10.9. The number of aryl methyl sites for hydroxylation is 2. The first-order valence-corrected chi connectivity index (χ1v) is 5.90. The van der Waals surface area contributed by atoms with Gasteiger partial charge in [-0.3, -0.25) is 0 Å². The zero-order valence-electron chi connectivity index (χ0n) is 9.14. The molecule has 0 aromatic carbocycles. The Labute approximate surface area is 97.5 Å². The van der Waals surface area contributed by atoms with Gasteiger partial charge in [-0.15, -0.1) is 5.10 Å². The van der Waals surface area contributed by atoms with Crippen molar-refractivity contribution in [3.8, 4) is 6.07 Å². The van der Waals surface area contributed by atoms with Gasteiger partial charge in [0.25, 0.3) is 5.78 Å². The van der Waals surface area contributed by atoms with E-state index in [4.69, 9.17) is 5.26 Å². The molecule has 0 fully saturated rings. The van der Waals surface area contributed by atoms with Crippen LogP contribution in [0.25, 0.3) is 5.78 Å². The van der Waals surface area contributed by atoms with E-state index in [2.05, 4.69) is 21.1 Å². The summed E-state index contributed by atoms with van der Waals surface area (Å²) in [5, 5.41) is 13.4. The molecule has 0 unspecified atom stereocenters. The topological polar surface area (TPSA) is 66.9 Å². The van der Waals surface area contributed by atoms with Crippen LogP contribution in [0.15, 0.2) is 11.2 Å². The highest BCUT2D eigenvalue weighted by molar-refractivity contribution is 7.99. The molecule has 2 aromatic rings. The lowest BCUT2D eigenvalue weighted by Crippen LogP contribution is -1.97. The van der Waals surface area contributed by atoms with Crippen molar-refractivity contribution in [2.75, 3.05) is 5.75 Å². The molecular weight excluding hydrogens is 222 g/mol. The molecule has 82 valence electrons. The van der Waals surface area contributed by atoms with Crippen molar-refractivity contribution in [3.63, 3.8) is 0 Å². The average Bonchev–Trinajstić information content (AvgIpc) is 2.61. The normalized spacial score (nSPS) is 10.6. The maximum absolute atomic E-state index is 8.44. The lowest BCUT2D eigenvalue weighted by molar-refractivity contribution is 0.843. The first-order chi connectivity index (χ1) is 7.70. The van der Waals surface area contributed by atoms with Crippen LogP contribution in [0.3, 0.4) is 0 Å². The largest absolute Gasteiger partial charge is 0.253 e. The van der Waals surface area contributed by atoms with Gasteiger partial charge in [-0.25, -0.2) is 9.50 Å². The maximum atomic E-state index is 8.44. The summed E-state index contributed by atoms with van der Waals surface area (Å²) in [6.45, 7) is 3.91. The van der Waals surface area contributed by atoms with Gasteiger partial charge in [-0.05, 0) is 19.9 Å². The summed E-state index contributed by atoms with van der Waals surface area (Å²) >= 11 is 1.48. The molecule has 6 heteroatoms. The molecule has 0 saturated carbocycles. The van der Waals surface area contributed by atoms with Crippen molar-refractivity contribution in [2.45, 2.75) is 25.4 Å². The van der Waals surface area contributed by atoms with E-state index in [1.807, 2.05) is 19.9 Å². The Morgan fingerprint density at radius 3 is 3.00 bits per heavy atom. The van der Waals surface area contributed by atoms with E-state index in [0.29, 0.717) is 23.1 Å². The van der Waals surface area contributed by atoms with Gasteiger partial charge in [0.2, 0.25) is 5.16 Å². The Bertz CT molecular complexity index is 554. The third kappa shape index (κ3) is 2.14. The molecule has 0 spiro atoms. The van der Waals surface area contributed by atoms with E-state index in [9.17, 15) is 0 Å². The van der Waals surface area contributed by atoms with Crippen LogP contribution in [0.5, 0.6) is 0 Å². The molecule has 0 saturated heterocycles. The van der Waals surface area contributed by atoms with Gasteiger partial charge in [0.05, 0.1) is 6.07 Å². The van der Waals surface area contributed by atoms with Gasteiger partial charge >= 0.3 is 0 Å². The summed E-state index contributed by atoms with van der Waals surface area (Å²) in [5.41, 5.74) is 1.95. The molecular formula is C10H11N5S. The fourth-order valence-corrected chi connectivity index (χ4v) is 2.06. The Kier molecular flexibility index (Phi) is 3.06. The zero-order valence-corrected chi connectivity index (χ0v) is 9.95. The number of hydrogen-bond acceptors (Lipinski definition) is 5. The summed E-state index contributed by atoms with van der Waals surface area (Å²) in [6.07, 6.45) is 0.506. The predicted molar refractivity (Wildman–Crippen MR) is 61.2 cm³/mol. The van der Waals surface area contributed by atoms with Crippen molar-refractivity contribution < 1.29 is 0 Å². The monoisotopic (exact) mass is 233 g/mol. The second kappa shape index (κ2) is 4.49. The highest BCUT2D eigenvalue weighted by Crippen LogP contribution is 2.15. The lowest BCUT2D eigenvalue weighted by Gasteiger charge is -1.97. The molecule has 0 aliphatic heterocycles. The second-order valence-corrected chi connectivity index (χ2v) is 4.46. The van der Waals surface area contributed by atoms with Crippen LogP contribution in [-0.2, 0) is 0 Å². The fraction of sp³-hybridized carbons (Fsp3) is 0.400. The molecule has 2 heterocycles. The summed E-state index contributed by atoms with van der Waals surface area (Å²) < 4.78 is 1.72. The maximum Gasteiger partial charge on any atom is 0.253 e. The minimum absolute atomic E-state index is 0.506. The molecule has 0 aliphatic carbocycles. The predicted octanol–water partition coefficient (Wildman–Crippen LogP) is 1.75. The van der Waals surface area contributed by atoms with Gasteiger partial charge < -0.3 is 0 Å². The van der Waals surface area contributed by atoms with Crippen LogP contribution < -0.4 is 0 Å². The third-order valence-corrected chi connectivity index (χ3v) is 2.88. The standard InChI is InChI=1S/C10H11N5S/c1-7-6-8(2)15-9(12-7)13-10(14-15)16-5-3-4-11/h6H,3,5H2,1-2H3. The SMILES string of the molecule is Cc1cc(C)n2nc(SCCC#N)nc2n1. The summed E-state index contributed by atoms with van der Waals surface area (Å²) in [7, 11) is 0. The number of rotatable bonds is 3. The number of thioether (sulfide) groups is 1. The van der Waals surface area contributed by atoms with E-state index in [0.717, 1.165) is 11.4 Å². The number of aromatic nitrogens is 4. The summed E-state index contributed by atoms with van der Waals surface area (Å²) in [6, 6.07) is 4.06. The quantitative estimate of drug-likeness (QED) is 0.596. The van der Waals surface area contributed by atoms with E-state index in [1.165, 1.54) is 11.8 Å². The van der Waals surface area contributed by atoms with E-state index in [-0.39, 0.29) is 0 Å². The molecule has 0 aliphatic rings. The van der Waals surface area contributed by atoms with Crippen LogP contribution in [0.4, 0.5) is 0 Å². The molecule has 2 rings (SSSR count). The number of fused-ring (bicyclic) bond motifs is 1. The second-order valence-electron chi connectivity index (χ2n) is 3.40. The van der Waals surface area contributed by atoms with Crippen molar-refractivity contribution in [3.05, 3.63) is 17.5 Å². The van der Waals surface area contributed by atoms with E-state index >= 15 is 0 Å². The van der Waals surface area contributed by atoms with Crippen LogP contribution in [0.1, 0.15) is 17.8 Å². The fourth-order valence-electron chi connectivity index (χ4n) is 1.40. The van der Waals surface area contributed by atoms with Crippen LogP contribution in [-0.4, -0.2) is 25.3 Å². The highest BCUT2D eigenvalue weighted by atomic mass is 32.2. The minimum atomic E-state index is 0.506. The molecule has 5 nitrogen and oxygen atoms in total. The van der Waals surface area contributed by atoms with E-state index in [1.54, 1.807) is 4.52 Å². The lowest BCUT2D eigenvalue weighted by atomic mass is 10.4. The van der Waals surface area contributed by atoms with Crippen molar-refractivity contribution in [1.29, 1.82) is 5.26 Å². The van der Waals surface area contributed by atoms with Gasteiger partial charge in [-0.1, -0.05) is 11.8 Å². The Morgan fingerprint density at radius 2 is 2.25 bits per heavy atom. The van der Waals surface area contributed by atoms with Crippen molar-refractivity contribution in [2.24, 2.45) is 0 Å². The molecule has 0 radical (unpaired) electrons. The average molecular weight is 233 g/mol. The molecule has 0 N–H and O–H groups in total. The van der Waals surface area contributed by atoms with Crippen LogP contribution >= 0.6 is 11.8 Å². The number of nitriles is 1. The Morgan fingerprint density at radius 1 is 1.44 bits per heavy atom. The molecule has 0 amide bonds. The van der Waals surface area contributed by atoms with Gasteiger partial charge in [0, 0.05) is 23.6 Å². The Hall–Kier alpha value is -1.61.